The van der Waals surface area contributed by atoms with Crippen LogP contribution in [-0.2, 0) is 0 Å². The van der Waals surface area contributed by atoms with Crippen LogP contribution in [-0.4, -0.2) is 25.8 Å². The predicted octanol–water partition coefficient (Wildman–Crippen LogP) is 2.73. The molecule has 2 aromatic rings. The molecule has 0 saturated heterocycles. The van der Waals surface area contributed by atoms with Gasteiger partial charge in [0.15, 0.2) is 0 Å². The van der Waals surface area contributed by atoms with Gasteiger partial charge >= 0.3 is 0 Å². The van der Waals surface area contributed by atoms with E-state index in [9.17, 15) is 0 Å². The van der Waals surface area contributed by atoms with Crippen molar-refractivity contribution in [2.24, 2.45) is 9.98 Å². The Bertz CT molecular complexity index is 518. The molecule has 0 spiro atoms. The van der Waals surface area contributed by atoms with Crippen molar-refractivity contribution in [3.63, 3.8) is 0 Å². The van der Waals surface area contributed by atoms with Gasteiger partial charge in [0, 0.05) is 25.2 Å². The fraction of sp³-hybridized carbons (Fsp3) is 0.125. The van der Waals surface area contributed by atoms with Crippen LogP contribution < -0.4 is 5.32 Å². The molecule has 0 unspecified atom stereocenters. The van der Waals surface area contributed by atoms with Gasteiger partial charge in [0.2, 0.25) is 0 Å². The summed E-state index contributed by atoms with van der Waals surface area (Å²) in [5.74, 6) is 1.62. The van der Waals surface area contributed by atoms with Crippen molar-refractivity contribution in [2.45, 2.75) is 0 Å². The van der Waals surface area contributed by atoms with E-state index in [1.54, 1.807) is 14.1 Å². The molecule has 1 N–H and O–H groups in total. The first-order valence-corrected chi connectivity index (χ1v) is 6.16. The van der Waals surface area contributed by atoms with Crippen LogP contribution in [0.15, 0.2) is 70.6 Å². The van der Waals surface area contributed by atoms with Crippen LogP contribution in [0.4, 0.5) is 0 Å². The van der Waals surface area contributed by atoms with Crippen molar-refractivity contribution in [3.8, 4) is 0 Å². The summed E-state index contributed by atoms with van der Waals surface area (Å²) < 4.78 is 0. The molecule has 19 heavy (non-hydrogen) atoms. The maximum atomic E-state index is 4.30. The van der Waals surface area contributed by atoms with Crippen LogP contribution in [0.5, 0.6) is 0 Å². The molecule has 2 aromatic carbocycles. The van der Waals surface area contributed by atoms with Crippen LogP contribution in [0.2, 0.25) is 0 Å². The molecule has 0 radical (unpaired) electrons. The number of aliphatic imine (C=N–C) groups is 2. The van der Waals surface area contributed by atoms with E-state index in [1.807, 2.05) is 60.7 Å². The molecule has 3 nitrogen and oxygen atoms in total. The number of nitrogens with one attached hydrogen (secondary N) is 1. The van der Waals surface area contributed by atoms with E-state index in [2.05, 4.69) is 15.3 Å². The Morgan fingerprint density at radius 1 is 0.684 bits per heavy atom. The normalized spacial score (nSPS) is 12.3. The summed E-state index contributed by atoms with van der Waals surface area (Å²) in [6, 6.07) is 20.0. The average Bonchev–Trinajstić information content (AvgIpc) is 2.50. The van der Waals surface area contributed by atoms with Crippen LogP contribution in [0, 0.1) is 0 Å². The Hall–Kier alpha value is -2.42. The van der Waals surface area contributed by atoms with Crippen molar-refractivity contribution in [3.05, 3.63) is 71.8 Å². The molecule has 2 rings (SSSR count). The summed E-state index contributed by atoms with van der Waals surface area (Å²) in [6.07, 6.45) is 0. The number of nitrogens with zero attached hydrogens (tertiary/aromatic N) is 2. The fourth-order valence-corrected chi connectivity index (χ4v) is 1.82. The Kier molecular flexibility index (Phi) is 4.45. The van der Waals surface area contributed by atoms with Crippen LogP contribution >= 0.6 is 0 Å². The highest BCUT2D eigenvalue weighted by Gasteiger charge is 2.07. The van der Waals surface area contributed by atoms with Gasteiger partial charge in [-0.2, -0.15) is 0 Å². The lowest BCUT2D eigenvalue weighted by Gasteiger charge is -2.12. The first kappa shape index (κ1) is 13.0. The first-order valence-electron chi connectivity index (χ1n) is 6.16. The minimum absolute atomic E-state index is 0.810. The van der Waals surface area contributed by atoms with Gasteiger partial charge in [-0.15, -0.1) is 0 Å². The highest BCUT2D eigenvalue weighted by atomic mass is 15.0. The van der Waals surface area contributed by atoms with Gasteiger partial charge in [0.1, 0.15) is 11.7 Å². The zero-order valence-electron chi connectivity index (χ0n) is 11.2. The molecule has 0 amide bonds. The third-order valence-corrected chi connectivity index (χ3v) is 2.78. The Morgan fingerprint density at radius 3 is 1.37 bits per heavy atom. The Labute approximate surface area is 113 Å². The summed E-state index contributed by atoms with van der Waals surface area (Å²) in [7, 11) is 3.54. The van der Waals surface area contributed by atoms with Crippen molar-refractivity contribution in [2.75, 3.05) is 14.1 Å². The maximum absolute atomic E-state index is 4.30. The van der Waals surface area contributed by atoms with Gasteiger partial charge in [0.25, 0.3) is 0 Å². The zero-order valence-corrected chi connectivity index (χ0v) is 11.2. The van der Waals surface area contributed by atoms with Crippen LogP contribution in [0.25, 0.3) is 0 Å². The van der Waals surface area contributed by atoms with E-state index in [4.69, 9.17) is 0 Å². The quantitative estimate of drug-likeness (QED) is 0.646. The second-order valence-electron chi connectivity index (χ2n) is 4.00. The van der Waals surface area contributed by atoms with Crippen molar-refractivity contribution >= 4 is 11.7 Å². The van der Waals surface area contributed by atoms with Crippen molar-refractivity contribution < 1.29 is 0 Å². The molecule has 3 heteroatoms. The third kappa shape index (κ3) is 3.28. The smallest absolute Gasteiger partial charge is 0.133 e. The van der Waals surface area contributed by atoms with Crippen molar-refractivity contribution in [1.29, 1.82) is 0 Å². The molecule has 0 atom stereocenters. The van der Waals surface area contributed by atoms with Gasteiger partial charge in [-0.05, 0) is 0 Å². The van der Waals surface area contributed by atoms with E-state index in [0.29, 0.717) is 0 Å². The molecule has 0 bridgehead atoms. The Balaban J connectivity index is 2.24. The number of benzene rings is 2. The third-order valence-electron chi connectivity index (χ3n) is 2.78. The topological polar surface area (TPSA) is 36.8 Å². The minimum Gasteiger partial charge on any atom is -0.325 e. The van der Waals surface area contributed by atoms with Gasteiger partial charge in [-0.3, -0.25) is 9.98 Å². The lowest BCUT2D eigenvalue weighted by atomic mass is 10.1. The monoisotopic (exact) mass is 251 g/mol. The molecule has 0 fully saturated rings. The largest absolute Gasteiger partial charge is 0.325 e. The number of amidine groups is 2. The number of hydrogen-bond acceptors (Lipinski definition) is 2. The van der Waals surface area contributed by atoms with Crippen molar-refractivity contribution in [1.82, 2.24) is 5.32 Å². The molecule has 0 heterocycles. The molecule has 0 aliphatic rings. The molecule has 0 aliphatic carbocycles. The summed E-state index contributed by atoms with van der Waals surface area (Å²) >= 11 is 0. The van der Waals surface area contributed by atoms with E-state index in [0.717, 1.165) is 22.8 Å². The highest BCUT2D eigenvalue weighted by molar-refractivity contribution is 6.14. The second kappa shape index (κ2) is 6.50. The predicted molar refractivity (Wildman–Crippen MR) is 80.9 cm³/mol. The summed E-state index contributed by atoms with van der Waals surface area (Å²) in [4.78, 5) is 8.59. The van der Waals surface area contributed by atoms with E-state index >= 15 is 0 Å². The molecule has 0 aromatic heterocycles. The summed E-state index contributed by atoms with van der Waals surface area (Å²) in [5, 5.41) is 3.29. The van der Waals surface area contributed by atoms with E-state index in [-0.39, 0.29) is 0 Å². The Morgan fingerprint density at radius 2 is 1.05 bits per heavy atom. The molecule has 0 aliphatic heterocycles. The van der Waals surface area contributed by atoms with Gasteiger partial charge in [0.05, 0.1) is 0 Å². The number of rotatable bonds is 2. The number of hydrogen-bond donors (Lipinski definition) is 1. The average molecular weight is 251 g/mol. The lowest BCUT2D eigenvalue weighted by Crippen LogP contribution is -2.32. The standard InChI is InChI=1S/C16H17N3/c1-17-15(13-9-5-3-6-10-13)19-16(18-2)14-11-7-4-8-12-14/h3-12H,1-2H3,(H,17,18,19). The fourth-order valence-electron chi connectivity index (χ4n) is 1.82. The van der Waals surface area contributed by atoms with Crippen LogP contribution in [0.1, 0.15) is 11.1 Å². The lowest BCUT2D eigenvalue weighted by molar-refractivity contribution is 1.24. The highest BCUT2D eigenvalue weighted by Crippen LogP contribution is 2.03. The van der Waals surface area contributed by atoms with Crippen LogP contribution in [0.3, 0.4) is 0 Å². The molecular formula is C16H17N3. The summed E-state index contributed by atoms with van der Waals surface area (Å²) in [5.41, 5.74) is 2.09. The molecular weight excluding hydrogens is 234 g/mol. The molecule has 96 valence electrons. The van der Waals surface area contributed by atoms with E-state index < -0.39 is 0 Å². The SMILES string of the molecule is CN=C(NC(=NC)c1ccccc1)c1ccccc1. The summed E-state index contributed by atoms with van der Waals surface area (Å²) in [6.45, 7) is 0. The van der Waals surface area contributed by atoms with Gasteiger partial charge in [-0.25, -0.2) is 0 Å². The second-order valence-corrected chi connectivity index (χ2v) is 4.00. The molecule has 0 saturated carbocycles. The maximum Gasteiger partial charge on any atom is 0.133 e. The zero-order chi connectivity index (χ0) is 13.5. The minimum atomic E-state index is 0.810. The van der Waals surface area contributed by atoms with E-state index in [1.165, 1.54) is 0 Å². The first-order chi connectivity index (χ1) is 9.35. The van der Waals surface area contributed by atoms with Gasteiger partial charge in [-0.1, -0.05) is 60.7 Å². The van der Waals surface area contributed by atoms with Gasteiger partial charge < -0.3 is 5.32 Å².